The molecule has 1 aromatic heterocycles. The Morgan fingerprint density at radius 3 is 2.16 bits per heavy atom. The predicted octanol–water partition coefficient (Wildman–Crippen LogP) is 2.34. The third-order valence-electron chi connectivity index (χ3n) is 11.4. The number of imidazole rings is 1. The molecule has 0 atom stereocenters. The van der Waals surface area contributed by atoms with E-state index in [4.69, 9.17) is 9.72 Å². The maximum atomic E-state index is 13.8. The van der Waals surface area contributed by atoms with Gasteiger partial charge in [0.2, 0.25) is 11.3 Å². The first-order chi connectivity index (χ1) is 26.6. The SMILES string of the molecule is CCN1c2cc3c(cc2C(CS(=O)(=O)[O-])=CC1(C)C)C(c1nccn1CC(=O)N1CCC(C(=O)O)CC1)=c1cc2c(cc1O3)=[N+](CC)C(C)(C)C=C2CS(=O)(=O)[O-]. The van der Waals surface area contributed by atoms with Gasteiger partial charge in [0.1, 0.15) is 30.4 Å². The van der Waals surface area contributed by atoms with Crippen molar-refractivity contribution in [3.05, 3.63) is 81.9 Å². The predicted molar refractivity (Wildman–Crippen MR) is 211 cm³/mol. The summed E-state index contributed by atoms with van der Waals surface area (Å²) < 4.78 is 84.2. The Kier molecular flexibility index (Phi) is 10.1. The van der Waals surface area contributed by atoms with Crippen molar-refractivity contribution in [2.45, 2.75) is 72.0 Å². The van der Waals surface area contributed by atoms with E-state index in [2.05, 4.69) is 9.48 Å². The van der Waals surface area contributed by atoms with Gasteiger partial charge < -0.3 is 33.3 Å². The molecule has 0 radical (unpaired) electrons. The van der Waals surface area contributed by atoms with E-state index in [-0.39, 0.29) is 25.5 Å². The summed E-state index contributed by atoms with van der Waals surface area (Å²) in [4.78, 5) is 33.8. The van der Waals surface area contributed by atoms with Gasteiger partial charge in [-0.15, -0.1) is 0 Å². The lowest BCUT2D eigenvalue weighted by Crippen LogP contribution is -2.50. The van der Waals surface area contributed by atoms with Gasteiger partial charge in [-0.2, -0.15) is 0 Å². The second-order valence-corrected chi connectivity index (χ2v) is 18.9. The van der Waals surface area contributed by atoms with Crippen molar-refractivity contribution in [3.63, 3.8) is 0 Å². The van der Waals surface area contributed by atoms with Crippen LogP contribution < -0.4 is 24.8 Å². The highest BCUT2D eigenvalue weighted by molar-refractivity contribution is 7.86. The van der Waals surface area contributed by atoms with Gasteiger partial charge in [0.25, 0.3) is 0 Å². The van der Waals surface area contributed by atoms with E-state index in [1.54, 1.807) is 46.1 Å². The number of aromatic nitrogens is 2. The highest BCUT2D eigenvalue weighted by atomic mass is 32.2. The molecular formula is C40H46N5O10S2-. The fourth-order valence-electron chi connectivity index (χ4n) is 9.01. The Labute approximate surface area is 331 Å². The van der Waals surface area contributed by atoms with E-state index in [1.807, 2.05) is 53.7 Å². The molecule has 304 valence electrons. The number of rotatable bonds is 10. The fraction of sp³-hybridized carbons (Fsp3) is 0.450. The van der Waals surface area contributed by atoms with Gasteiger partial charge in [0.05, 0.1) is 54.8 Å². The Morgan fingerprint density at radius 2 is 1.56 bits per heavy atom. The molecule has 0 spiro atoms. The van der Waals surface area contributed by atoms with E-state index in [1.165, 1.54) is 0 Å². The molecule has 57 heavy (non-hydrogen) atoms. The summed E-state index contributed by atoms with van der Waals surface area (Å²) in [6.07, 6.45) is 7.44. The summed E-state index contributed by atoms with van der Waals surface area (Å²) in [7, 11) is -9.41. The zero-order valence-electron chi connectivity index (χ0n) is 32.7. The van der Waals surface area contributed by atoms with Gasteiger partial charge in [-0.1, -0.05) is 6.08 Å². The van der Waals surface area contributed by atoms with Crippen molar-refractivity contribution in [1.82, 2.24) is 19.0 Å². The summed E-state index contributed by atoms with van der Waals surface area (Å²) in [5, 5.41) is 10.6. The second kappa shape index (κ2) is 14.2. The normalized spacial score (nSPS) is 18.8. The maximum absolute atomic E-state index is 13.8. The molecule has 5 heterocycles. The summed E-state index contributed by atoms with van der Waals surface area (Å²) in [6, 6.07) is 7.19. The van der Waals surface area contributed by atoms with Crippen LogP contribution in [0, 0.1) is 5.92 Å². The molecule has 15 nitrogen and oxygen atoms in total. The quantitative estimate of drug-likeness (QED) is 0.181. The second-order valence-electron chi connectivity index (χ2n) is 16.1. The number of fused-ring (bicyclic) bond motifs is 4. The minimum absolute atomic E-state index is 0.132. The van der Waals surface area contributed by atoms with Crippen molar-refractivity contribution < 1.29 is 45.4 Å². The van der Waals surface area contributed by atoms with Crippen molar-refractivity contribution >= 4 is 54.5 Å². The van der Waals surface area contributed by atoms with Crippen LogP contribution in [0.15, 0.2) is 48.8 Å². The van der Waals surface area contributed by atoms with E-state index in [9.17, 15) is 40.6 Å². The lowest BCUT2D eigenvalue weighted by atomic mass is 9.85. The molecule has 0 bridgehead atoms. The van der Waals surface area contributed by atoms with Crippen molar-refractivity contribution in [3.8, 4) is 11.5 Å². The van der Waals surface area contributed by atoms with Gasteiger partial charge in [-0.25, -0.2) is 26.4 Å². The largest absolute Gasteiger partial charge is 0.748 e. The standard InChI is InChI=1S/C40H47N5O10S2/c1-7-44-31-17-33-29(15-27(31)25(19-39(44,3)4)22-56(49,50)51)36(37-41-11-14-43(37)21-35(46)42-12-9-24(10-13-42)38(47)48)30-16-28-26(23-57(52,53)54)20-40(5,6)45(8-2)32(28)18-34(30)55-33/h11,14-20,24H,7-10,12-13,21-23H2,1-6H3,(H2-,47,48,49,50,51,52,53,54)/p-1. The zero-order valence-corrected chi connectivity index (χ0v) is 34.4. The molecule has 1 amide bonds. The number of likely N-dealkylation sites (tertiary alicyclic amines) is 1. The molecule has 0 unspecified atom stereocenters. The highest BCUT2D eigenvalue weighted by Crippen LogP contribution is 2.46. The zero-order chi connectivity index (χ0) is 41.4. The Balaban J connectivity index is 1.50. The third-order valence-corrected chi connectivity index (χ3v) is 12.7. The molecular weight excluding hydrogens is 775 g/mol. The van der Waals surface area contributed by atoms with Crippen LogP contribution in [0.4, 0.5) is 5.69 Å². The lowest BCUT2D eigenvalue weighted by Gasteiger charge is -2.43. The first-order valence-electron chi connectivity index (χ1n) is 18.9. The van der Waals surface area contributed by atoms with Crippen LogP contribution in [0.1, 0.15) is 76.9 Å². The molecule has 17 heteroatoms. The summed E-state index contributed by atoms with van der Waals surface area (Å²) >= 11 is 0. The Hall–Kier alpha value is -4.84. The number of ether oxygens (including phenoxy) is 1. The molecule has 3 aromatic rings. The van der Waals surface area contributed by atoms with E-state index >= 15 is 0 Å². The molecule has 0 saturated carbocycles. The number of carbonyl (C=O) groups is 2. The molecule has 7 rings (SSSR count). The number of carboxylic acid groups (broad SMARTS) is 1. The minimum Gasteiger partial charge on any atom is -0.748 e. The number of carboxylic acids is 1. The monoisotopic (exact) mass is 820 g/mol. The number of piperidine rings is 1. The minimum atomic E-state index is -4.71. The number of likely N-dealkylation sites (N-methyl/N-ethyl adjacent to an activating group) is 2. The molecule has 1 saturated heterocycles. The number of amides is 1. The highest BCUT2D eigenvalue weighted by Gasteiger charge is 2.38. The summed E-state index contributed by atoms with van der Waals surface area (Å²) in [6.45, 7) is 13.2. The third kappa shape index (κ3) is 7.65. The average Bonchev–Trinajstić information content (AvgIpc) is 3.55. The first-order valence-corrected chi connectivity index (χ1v) is 22.1. The smallest absolute Gasteiger partial charge is 0.306 e. The van der Waals surface area contributed by atoms with Gasteiger partial charge >= 0.3 is 5.97 Å². The molecule has 1 fully saturated rings. The Bertz CT molecular complexity index is 2630. The van der Waals surface area contributed by atoms with Gasteiger partial charge in [0.15, 0.2) is 5.54 Å². The van der Waals surface area contributed by atoms with Crippen LogP contribution in [0.3, 0.4) is 0 Å². The van der Waals surface area contributed by atoms with E-state index in [0.717, 1.165) is 0 Å². The molecule has 4 aliphatic heterocycles. The topological polar surface area (TPSA) is 205 Å². The number of aliphatic carboxylic acids is 1. The molecule has 2 aromatic carbocycles. The molecule has 0 aliphatic carbocycles. The summed E-state index contributed by atoms with van der Waals surface area (Å²) in [5.41, 5.74) is 1.96. The molecule has 1 N–H and O–H groups in total. The van der Waals surface area contributed by atoms with Crippen LogP contribution in [0.25, 0.3) is 16.7 Å². The summed E-state index contributed by atoms with van der Waals surface area (Å²) in [5.74, 6) is -1.97. The van der Waals surface area contributed by atoms with Crippen molar-refractivity contribution in [1.29, 1.82) is 0 Å². The van der Waals surface area contributed by atoms with Crippen molar-refractivity contribution in [2.75, 3.05) is 42.6 Å². The van der Waals surface area contributed by atoms with Gasteiger partial charge in [-0.05, 0) is 69.9 Å². The van der Waals surface area contributed by atoms with E-state index in [0.29, 0.717) is 92.9 Å². The maximum Gasteiger partial charge on any atom is 0.306 e. The fourth-order valence-corrected chi connectivity index (χ4v) is 10.2. The van der Waals surface area contributed by atoms with Crippen LogP contribution >= 0.6 is 0 Å². The molecule has 4 aliphatic rings. The van der Waals surface area contributed by atoms with Crippen LogP contribution in [0.5, 0.6) is 11.5 Å². The van der Waals surface area contributed by atoms with Gasteiger partial charge in [0, 0.05) is 79.5 Å². The number of hydrogen-bond acceptors (Lipinski definition) is 11. The van der Waals surface area contributed by atoms with Crippen LogP contribution in [-0.4, -0.2) is 106 Å². The van der Waals surface area contributed by atoms with Crippen LogP contribution in [0.2, 0.25) is 0 Å². The van der Waals surface area contributed by atoms with Crippen molar-refractivity contribution in [2.24, 2.45) is 5.92 Å². The lowest BCUT2D eigenvalue weighted by molar-refractivity contribution is -0.145. The number of anilines is 1. The average molecular weight is 821 g/mol. The number of nitrogens with zero attached hydrogens (tertiary/aromatic N) is 5. The first kappa shape index (κ1) is 40.4. The number of hydrogen-bond donors (Lipinski definition) is 1. The number of benzene rings is 2. The Morgan fingerprint density at radius 1 is 0.912 bits per heavy atom. The van der Waals surface area contributed by atoms with E-state index < -0.39 is 54.7 Å². The van der Waals surface area contributed by atoms with Gasteiger partial charge in [-0.3, -0.25) is 9.59 Å². The number of carbonyl (C=O) groups excluding carboxylic acids is 1. The van der Waals surface area contributed by atoms with Crippen LogP contribution in [-0.2, 0) is 36.4 Å².